The van der Waals surface area contributed by atoms with Gasteiger partial charge in [0.1, 0.15) is 6.10 Å². The van der Waals surface area contributed by atoms with Crippen molar-refractivity contribution in [2.24, 2.45) is 17.8 Å². The molecule has 1 aliphatic carbocycles. The fourth-order valence-electron chi connectivity index (χ4n) is 4.77. The molecule has 0 spiro atoms. The second kappa shape index (κ2) is 8.40. The standard InChI is InChI=1S/C22H32O8/c1-7-10(3)20(24)30-19-18-15(12(5)21(25)29-18)17-16(28-17)13(6)22(19,26)14(23)9-11(4)27-8-2/h7,11-13,15-19,26H,8-9H2,1-6H3. The number of rotatable bonds is 7. The van der Waals surface area contributed by atoms with Crippen molar-refractivity contribution in [3.8, 4) is 0 Å². The first-order valence-corrected chi connectivity index (χ1v) is 10.6. The lowest BCUT2D eigenvalue weighted by atomic mass is 9.76. The molecule has 30 heavy (non-hydrogen) atoms. The van der Waals surface area contributed by atoms with Crippen molar-refractivity contribution in [2.45, 2.75) is 84.1 Å². The van der Waals surface area contributed by atoms with Crippen LogP contribution in [0.4, 0.5) is 0 Å². The van der Waals surface area contributed by atoms with Crippen LogP contribution in [-0.2, 0) is 33.3 Å². The van der Waals surface area contributed by atoms with Gasteiger partial charge in [0.15, 0.2) is 17.5 Å². The molecule has 3 rings (SSSR count). The van der Waals surface area contributed by atoms with Crippen molar-refractivity contribution in [2.75, 3.05) is 6.61 Å². The third kappa shape index (κ3) is 3.69. The van der Waals surface area contributed by atoms with Crippen molar-refractivity contribution in [3.05, 3.63) is 11.6 Å². The summed E-state index contributed by atoms with van der Waals surface area (Å²) in [6.07, 6.45) is -1.94. The number of carbonyl (C=O) groups excluding carboxylic acids is 3. The number of ketones is 1. The van der Waals surface area contributed by atoms with Crippen molar-refractivity contribution < 1.29 is 38.4 Å². The zero-order valence-electron chi connectivity index (χ0n) is 18.4. The van der Waals surface area contributed by atoms with E-state index in [4.69, 9.17) is 18.9 Å². The van der Waals surface area contributed by atoms with Crippen LogP contribution in [0.3, 0.4) is 0 Å². The number of ether oxygens (including phenoxy) is 4. The number of fused-ring (bicyclic) bond motifs is 3. The van der Waals surface area contributed by atoms with Gasteiger partial charge in [0, 0.05) is 30.4 Å². The van der Waals surface area contributed by atoms with Crippen molar-refractivity contribution in [1.29, 1.82) is 0 Å². The first kappa shape index (κ1) is 22.9. The molecule has 2 saturated heterocycles. The van der Waals surface area contributed by atoms with Crippen LogP contribution in [0.1, 0.15) is 48.0 Å². The van der Waals surface area contributed by atoms with Crippen LogP contribution in [0.15, 0.2) is 11.6 Å². The molecular weight excluding hydrogens is 392 g/mol. The molecule has 0 radical (unpaired) electrons. The second-order valence-corrected chi connectivity index (χ2v) is 8.64. The number of allylic oxidation sites excluding steroid dienone is 1. The SMILES string of the molecule is CC=C(C)C(=O)OC1C2OC(=O)C(C)C2C2OC2C(C)C1(O)C(=O)CC(C)OCC. The molecule has 1 saturated carbocycles. The molecule has 9 atom stereocenters. The van der Waals surface area contributed by atoms with Crippen LogP contribution in [0, 0.1) is 17.8 Å². The molecule has 0 amide bonds. The van der Waals surface area contributed by atoms with E-state index < -0.39 is 65.5 Å². The van der Waals surface area contributed by atoms with Gasteiger partial charge in [-0.15, -0.1) is 0 Å². The number of Topliss-reactive ketones (excluding diaryl/α,β-unsaturated/α-hetero) is 1. The second-order valence-electron chi connectivity index (χ2n) is 8.64. The van der Waals surface area contributed by atoms with E-state index in [-0.39, 0.29) is 12.5 Å². The monoisotopic (exact) mass is 424 g/mol. The molecule has 0 aromatic heterocycles. The molecule has 0 bridgehead atoms. The summed E-state index contributed by atoms with van der Waals surface area (Å²) in [4.78, 5) is 38.4. The smallest absolute Gasteiger partial charge is 0.333 e. The Bertz CT molecular complexity index is 745. The van der Waals surface area contributed by atoms with Crippen LogP contribution in [0.2, 0.25) is 0 Å². The Kier molecular flexibility index (Phi) is 6.41. The maximum Gasteiger partial charge on any atom is 0.333 e. The van der Waals surface area contributed by atoms with Gasteiger partial charge in [0.2, 0.25) is 0 Å². The van der Waals surface area contributed by atoms with Gasteiger partial charge in [0.25, 0.3) is 0 Å². The molecule has 9 unspecified atom stereocenters. The van der Waals surface area contributed by atoms with E-state index in [1.807, 2.05) is 6.92 Å². The van der Waals surface area contributed by atoms with E-state index in [0.29, 0.717) is 12.2 Å². The average Bonchev–Trinajstić information content (AvgIpc) is 3.43. The lowest BCUT2D eigenvalue weighted by Gasteiger charge is -2.40. The topological polar surface area (TPSA) is 112 Å². The third-order valence-electron chi connectivity index (χ3n) is 6.80. The van der Waals surface area contributed by atoms with E-state index >= 15 is 0 Å². The minimum Gasteiger partial charge on any atom is -0.458 e. The van der Waals surface area contributed by atoms with Crippen molar-refractivity contribution in [1.82, 2.24) is 0 Å². The Balaban J connectivity index is 2.02. The summed E-state index contributed by atoms with van der Waals surface area (Å²) in [6.45, 7) is 10.7. The molecule has 8 nitrogen and oxygen atoms in total. The number of hydrogen-bond donors (Lipinski definition) is 1. The molecule has 0 aromatic rings. The van der Waals surface area contributed by atoms with E-state index in [1.54, 1.807) is 40.7 Å². The Hall–Kier alpha value is -1.77. The molecule has 168 valence electrons. The third-order valence-corrected chi connectivity index (χ3v) is 6.80. The summed E-state index contributed by atoms with van der Waals surface area (Å²) in [7, 11) is 0. The van der Waals surface area contributed by atoms with Gasteiger partial charge in [-0.25, -0.2) is 4.79 Å². The molecule has 0 aromatic carbocycles. The van der Waals surface area contributed by atoms with Crippen LogP contribution < -0.4 is 0 Å². The summed E-state index contributed by atoms with van der Waals surface area (Å²) in [6, 6.07) is 0. The maximum atomic E-state index is 13.4. The highest BCUT2D eigenvalue weighted by Gasteiger charge is 2.71. The van der Waals surface area contributed by atoms with Crippen molar-refractivity contribution >= 4 is 17.7 Å². The number of hydrogen-bond acceptors (Lipinski definition) is 8. The number of esters is 2. The fourth-order valence-corrected chi connectivity index (χ4v) is 4.77. The van der Waals surface area contributed by atoms with E-state index in [2.05, 4.69) is 0 Å². The Morgan fingerprint density at radius 3 is 2.53 bits per heavy atom. The van der Waals surface area contributed by atoms with Crippen molar-refractivity contribution in [3.63, 3.8) is 0 Å². The van der Waals surface area contributed by atoms with E-state index in [9.17, 15) is 19.5 Å². The number of carbonyl (C=O) groups is 3. The predicted octanol–water partition coefficient (Wildman–Crippen LogP) is 1.57. The molecule has 3 aliphatic rings. The first-order chi connectivity index (χ1) is 14.1. The zero-order valence-corrected chi connectivity index (χ0v) is 18.4. The van der Waals surface area contributed by atoms with Gasteiger partial charge < -0.3 is 24.1 Å². The van der Waals surface area contributed by atoms with Gasteiger partial charge in [-0.3, -0.25) is 9.59 Å². The Labute approximate surface area is 176 Å². The number of epoxide rings is 1. The minimum atomic E-state index is -2.07. The molecule has 2 heterocycles. The summed E-state index contributed by atoms with van der Waals surface area (Å²) in [5.41, 5.74) is -1.74. The molecule has 2 aliphatic heterocycles. The van der Waals surface area contributed by atoms with Crippen LogP contribution in [0.25, 0.3) is 0 Å². The summed E-state index contributed by atoms with van der Waals surface area (Å²) in [5, 5.41) is 11.8. The summed E-state index contributed by atoms with van der Waals surface area (Å²) in [5.74, 6) is -3.16. The van der Waals surface area contributed by atoms with Crippen LogP contribution in [-0.4, -0.2) is 65.6 Å². The lowest BCUT2D eigenvalue weighted by Crippen LogP contribution is -2.61. The average molecular weight is 424 g/mol. The van der Waals surface area contributed by atoms with Gasteiger partial charge in [-0.2, -0.15) is 0 Å². The molecule has 1 N–H and O–H groups in total. The fraction of sp³-hybridized carbons (Fsp3) is 0.773. The highest BCUT2D eigenvalue weighted by molar-refractivity contribution is 5.91. The van der Waals surface area contributed by atoms with Gasteiger partial charge >= 0.3 is 11.9 Å². The van der Waals surface area contributed by atoms with Crippen LogP contribution in [0.5, 0.6) is 0 Å². The first-order valence-electron chi connectivity index (χ1n) is 10.6. The normalized spacial score (nSPS) is 41.2. The molecule has 8 heteroatoms. The highest BCUT2D eigenvalue weighted by Crippen LogP contribution is 2.53. The minimum absolute atomic E-state index is 0.0659. The number of aliphatic hydroxyl groups is 1. The summed E-state index contributed by atoms with van der Waals surface area (Å²) < 4.78 is 22.5. The quantitative estimate of drug-likeness (QED) is 0.372. The van der Waals surface area contributed by atoms with Gasteiger partial charge in [-0.1, -0.05) is 19.9 Å². The molecule has 3 fully saturated rings. The van der Waals surface area contributed by atoms with E-state index in [1.165, 1.54) is 0 Å². The predicted molar refractivity (Wildman–Crippen MR) is 105 cm³/mol. The molecular formula is C22H32O8. The Morgan fingerprint density at radius 2 is 1.93 bits per heavy atom. The zero-order chi connectivity index (χ0) is 22.4. The highest BCUT2D eigenvalue weighted by atomic mass is 16.6. The van der Waals surface area contributed by atoms with Crippen LogP contribution >= 0.6 is 0 Å². The largest absolute Gasteiger partial charge is 0.458 e. The van der Waals surface area contributed by atoms with E-state index in [0.717, 1.165) is 0 Å². The van der Waals surface area contributed by atoms with Gasteiger partial charge in [-0.05, 0) is 27.7 Å². The lowest BCUT2D eigenvalue weighted by molar-refractivity contribution is -0.199. The van der Waals surface area contributed by atoms with Gasteiger partial charge in [0.05, 0.1) is 24.2 Å². The maximum absolute atomic E-state index is 13.4. The summed E-state index contributed by atoms with van der Waals surface area (Å²) >= 11 is 0. The Morgan fingerprint density at radius 1 is 1.27 bits per heavy atom.